The summed E-state index contributed by atoms with van der Waals surface area (Å²) in [6.45, 7) is 5.58. The average molecular weight is 264 g/mol. The van der Waals surface area contributed by atoms with E-state index in [0.29, 0.717) is 0 Å². The van der Waals surface area contributed by atoms with Crippen LogP contribution in [-0.2, 0) is 4.79 Å². The average Bonchev–Trinajstić information content (AvgIpc) is 2.34. The summed E-state index contributed by atoms with van der Waals surface area (Å²) >= 11 is 0. The van der Waals surface area contributed by atoms with Gasteiger partial charge < -0.3 is 11.1 Å². The standard InChI is InChI=1S/C16H28N2O/c1-16(2,9-18-14(19)8-17)15-12-4-10-3-11(6-12)7-13(15)5-10/h10-13,15H,3-9,17H2,1-2H3,(H,18,19). The Morgan fingerprint density at radius 2 is 1.63 bits per heavy atom. The van der Waals surface area contributed by atoms with Gasteiger partial charge in [-0.1, -0.05) is 13.8 Å². The Hall–Kier alpha value is -0.570. The molecule has 0 unspecified atom stereocenters. The molecule has 3 heteroatoms. The molecule has 0 atom stereocenters. The number of rotatable bonds is 4. The molecular formula is C16H28N2O. The van der Waals surface area contributed by atoms with Crippen molar-refractivity contribution < 1.29 is 4.79 Å². The molecule has 0 saturated heterocycles. The lowest BCUT2D eigenvalue weighted by Crippen LogP contribution is -2.53. The van der Waals surface area contributed by atoms with Crippen molar-refractivity contribution in [1.29, 1.82) is 0 Å². The predicted octanol–water partition coefficient (Wildman–Crippen LogP) is 2.16. The maximum atomic E-state index is 11.4. The molecule has 108 valence electrons. The summed E-state index contributed by atoms with van der Waals surface area (Å²) in [5.41, 5.74) is 5.60. The highest BCUT2D eigenvalue weighted by Gasteiger charge is 2.52. The van der Waals surface area contributed by atoms with Crippen LogP contribution in [-0.4, -0.2) is 19.0 Å². The summed E-state index contributed by atoms with van der Waals surface area (Å²) in [5.74, 6) is 4.67. The van der Waals surface area contributed by atoms with Crippen LogP contribution in [0.5, 0.6) is 0 Å². The molecule has 19 heavy (non-hydrogen) atoms. The van der Waals surface area contributed by atoms with Crippen molar-refractivity contribution in [2.24, 2.45) is 40.7 Å². The number of hydrogen-bond donors (Lipinski definition) is 2. The molecule has 0 aliphatic heterocycles. The quantitative estimate of drug-likeness (QED) is 0.817. The van der Waals surface area contributed by atoms with E-state index in [1.165, 1.54) is 32.1 Å². The number of carbonyl (C=O) groups excluding carboxylic acids is 1. The zero-order valence-corrected chi connectivity index (χ0v) is 12.3. The minimum absolute atomic E-state index is 0.0168. The summed E-state index contributed by atoms with van der Waals surface area (Å²) in [4.78, 5) is 11.4. The van der Waals surface area contributed by atoms with E-state index in [-0.39, 0.29) is 17.9 Å². The van der Waals surface area contributed by atoms with E-state index in [1.54, 1.807) is 0 Å². The molecule has 4 aliphatic carbocycles. The molecule has 0 spiro atoms. The maximum absolute atomic E-state index is 11.4. The van der Waals surface area contributed by atoms with Gasteiger partial charge in [-0.2, -0.15) is 0 Å². The van der Waals surface area contributed by atoms with Crippen LogP contribution in [0.3, 0.4) is 0 Å². The first-order chi connectivity index (χ1) is 8.99. The summed E-state index contributed by atoms with van der Waals surface area (Å²) in [6.07, 6.45) is 7.31. The second-order valence-corrected chi connectivity index (χ2v) is 7.93. The van der Waals surface area contributed by atoms with Crippen LogP contribution >= 0.6 is 0 Å². The van der Waals surface area contributed by atoms with Crippen LogP contribution in [0.2, 0.25) is 0 Å². The first kappa shape index (κ1) is 13.4. The lowest BCUT2D eigenvalue weighted by Gasteiger charge is -2.58. The maximum Gasteiger partial charge on any atom is 0.233 e. The van der Waals surface area contributed by atoms with Gasteiger partial charge in [0, 0.05) is 6.54 Å². The van der Waals surface area contributed by atoms with Crippen molar-refractivity contribution in [3.63, 3.8) is 0 Å². The summed E-state index contributed by atoms with van der Waals surface area (Å²) in [5, 5.41) is 3.02. The van der Waals surface area contributed by atoms with Crippen molar-refractivity contribution in [2.45, 2.75) is 46.0 Å². The van der Waals surface area contributed by atoms with Crippen molar-refractivity contribution in [2.75, 3.05) is 13.1 Å². The van der Waals surface area contributed by atoms with E-state index in [4.69, 9.17) is 5.73 Å². The highest BCUT2D eigenvalue weighted by molar-refractivity contribution is 5.77. The zero-order valence-electron chi connectivity index (χ0n) is 12.3. The molecule has 0 aromatic carbocycles. The minimum atomic E-state index is -0.0168. The van der Waals surface area contributed by atoms with E-state index in [9.17, 15) is 4.79 Å². The Balaban J connectivity index is 1.69. The first-order valence-electron chi connectivity index (χ1n) is 7.96. The van der Waals surface area contributed by atoms with Gasteiger partial charge in [0.25, 0.3) is 0 Å². The molecule has 4 aliphatic rings. The van der Waals surface area contributed by atoms with E-state index < -0.39 is 0 Å². The van der Waals surface area contributed by atoms with Crippen molar-refractivity contribution in [3.05, 3.63) is 0 Å². The minimum Gasteiger partial charge on any atom is -0.354 e. The highest BCUT2D eigenvalue weighted by atomic mass is 16.1. The third-order valence-electron chi connectivity index (χ3n) is 6.06. The lowest BCUT2D eigenvalue weighted by molar-refractivity contribution is -0.122. The number of carbonyl (C=O) groups is 1. The largest absolute Gasteiger partial charge is 0.354 e. The van der Waals surface area contributed by atoms with Crippen LogP contribution < -0.4 is 11.1 Å². The van der Waals surface area contributed by atoms with Gasteiger partial charge in [0.15, 0.2) is 0 Å². The van der Waals surface area contributed by atoms with Gasteiger partial charge in [0.05, 0.1) is 6.54 Å². The fourth-order valence-corrected chi connectivity index (χ4v) is 5.72. The predicted molar refractivity (Wildman–Crippen MR) is 76.4 cm³/mol. The molecule has 3 N–H and O–H groups in total. The Labute approximate surface area is 116 Å². The van der Waals surface area contributed by atoms with E-state index in [0.717, 1.165) is 36.1 Å². The van der Waals surface area contributed by atoms with Gasteiger partial charge in [-0.05, 0) is 67.1 Å². The molecule has 4 bridgehead atoms. The van der Waals surface area contributed by atoms with Crippen molar-refractivity contribution >= 4 is 5.91 Å². The Bertz CT molecular complexity index is 336. The summed E-state index contributed by atoms with van der Waals surface area (Å²) in [7, 11) is 0. The molecule has 4 saturated carbocycles. The molecule has 0 radical (unpaired) electrons. The molecule has 1 amide bonds. The van der Waals surface area contributed by atoms with Gasteiger partial charge in [0.2, 0.25) is 5.91 Å². The lowest BCUT2D eigenvalue weighted by atomic mass is 9.47. The van der Waals surface area contributed by atoms with Gasteiger partial charge in [0.1, 0.15) is 0 Å². The van der Waals surface area contributed by atoms with E-state index in [2.05, 4.69) is 19.2 Å². The Kier molecular flexibility index (Phi) is 3.36. The third kappa shape index (κ3) is 2.42. The van der Waals surface area contributed by atoms with E-state index >= 15 is 0 Å². The molecule has 0 heterocycles. The fraction of sp³-hybridized carbons (Fsp3) is 0.938. The number of nitrogens with one attached hydrogen (secondary N) is 1. The van der Waals surface area contributed by atoms with Gasteiger partial charge in [-0.25, -0.2) is 0 Å². The molecule has 4 rings (SSSR count). The second-order valence-electron chi connectivity index (χ2n) is 7.93. The summed E-state index contributed by atoms with van der Waals surface area (Å²) in [6, 6.07) is 0. The van der Waals surface area contributed by atoms with Crippen LogP contribution in [0, 0.1) is 35.0 Å². The topological polar surface area (TPSA) is 55.1 Å². The molecule has 0 aromatic rings. The van der Waals surface area contributed by atoms with Crippen molar-refractivity contribution in [3.8, 4) is 0 Å². The number of nitrogens with two attached hydrogens (primary N) is 1. The monoisotopic (exact) mass is 264 g/mol. The van der Waals surface area contributed by atoms with Gasteiger partial charge in [-0.3, -0.25) is 4.79 Å². The highest BCUT2D eigenvalue weighted by Crippen LogP contribution is 2.60. The number of amides is 1. The number of hydrogen-bond acceptors (Lipinski definition) is 2. The van der Waals surface area contributed by atoms with Crippen LogP contribution in [0.25, 0.3) is 0 Å². The van der Waals surface area contributed by atoms with Crippen LogP contribution in [0.1, 0.15) is 46.0 Å². The molecule has 3 nitrogen and oxygen atoms in total. The van der Waals surface area contributed by atoms with Crippen LogP contribution in [0.15, 0.2) is 0 Å². The smallest absolute Gasteiger partial charge is 0.233 e. The van der Waals surface area contributed by atoms with Gasteiger partial charge >= 0.3 is 0 Å². The van der Waals surface area contributed by atoms with E-state index in [1.807, 2.05) is 0 Å². The zero-order chi connectivity index (χ0) is 13.6. The third-order valence-corrected chi connectivity index (χ3v) is 6.06. The summed E-state index contributed by atoms with van der Waals surface area (Å²) < 4.78 is 0. The SMILES string of the molecule is CC(C)(CNC(=O)CN)C1C2CC3CC(C2)CC1C3. The Morgan fingerprint density at radius 3 is 2.11 bits per heavy atom. The normalized spacial score (nSPS) is 40.5. The second kappa shape index (κ2) is 4.76. The first-order valence-corrected chi connectivity index (χ1v) is 7.96. The molecular weight excluding hydrogens is 236 g/mol. The molecule has 0 aromatic heterocycles. The van der Waals surface area contributed by atoms with Gasteiger partial charge in [-0.15, -0.1) is 0 Å². The Morgan fingerprint density at radius 1 is 1.11 bits per heavy atom. The fourth-order valence-electron chi connectivity index (χ4n) is 5.72. The van der Waals surface area contributed by atoms with Crippen molar-refractivity contribution in [1.82, 2.24) is 5.32 Å². The molecule has 4 fully saturated rings. The van der Waals surface area contributed by atoms with Crippen LogP contribution in [0.4, 0.5) is 0 Å².